The van der Waals surface area contributed by atoms with Gasteiger partial charge >= 0.3 is 0 Å². The van der Waals surface area contributed by atoms with Crippen LogP contribution < -0.4 is 26.1 Å². The molecular weight excluding hydrogens is 677 g/mol. The molecule has 7 aromatic rings. The number of fused-ring (bicyclic) bond motifs is 2. The Balaban J connectivity index is 0.906. The van der Waals surface area contributed by atoms with Crippen molar-refractivity contribution in [3.63, 3.8) is 0 Å². The summed E-state index contributed by atoms with van der Waals surface area (Å²) in [6.07, 6.45) is 6.22. The fourth-order valence-electron chi connectivity index (χ4n) is 6.72. The fraction of sp³-hybridized carbons (Fsp3) is 0.205. The zero-order valence-corrected chi connectivity index (χ0v) is 28.7. The van der Waals surface area contributed by atoms with Gasteiger partial charge in [-0.2, -0.15) is 15.3 Å². The third kappa shape index (κ3) is 6.98. The molecule has 0 saturated carbocycles. The van der Waals surface area contributed by atoms with Crippen molar-refractivity contribution in [1.82, 2.24) is 40.1 Å². The second kappa shape index (κ2) is 14.1. The van der Waals surface area contributed by atoms with Crippen molar-refractivity contribution < 1.29 is 13.9 Å². The van der Waals surface area contributed by atoms with Crippen LogP contribution in [0.15, 0.2) is 107 Å². The lowest BCUT2D eigenvalue weighted by atomic mass is 10.0. The summed E-state index contributed by atoms with van der Waals surface area (Å²) in [5.74, 6) is -0.460. The zero-order chi connectivity index (χ0) is 36.5. The molecule has 1 amide bonds. The average molecular weight is 712 g/mol. The summed E-state index contributed by atoms with van der Waals surface area (Å²) in [7, 11) is 1.82. The maximum atomic E-state index is 15.0. The van der Waals surface area contributed by atoms with E-state index in [1.54, 1.807) is 53.5 Å². The Morgan fingerprint density at radius 1 is 1.02 bits per heavy atom. The molecule has 0 aliphatic carbocycles. The molecule has 1 aliphatic rings. The van der Waals surface area contributed by atoms with Crippen molar-refractivity contribution in [2.45, 2.75) is 25.4 Å². The predicted octanol–water partition coefficient (Wildman–Crippen LogP) is 4.25. The molecule has 2 N–H and O–H groups in total. The van der Waals surface area contributed by atoms with E-state index in [-0.39, 0.29) is 35.9 Å². The molecule has 4 aromatic heterocycles. The highest BCUT2D eigenvalue weighted by molar-refractivity contribution is 5.95. The summed E-state index contributed by atoms with van der Waals surface area (Å²) in [6, 6.07) is 22.3. The van der Waals surface area contributed by atoms with Crippen LogP contribution in [0.1, 0.15) is 28.0 Å². The Morgan fingerprint density at radius 2 is 1.89 bits per heavy atom. The van der Waals surface area contributed by atoms with Crippen molar-refractivity contribution in [3.8, 4) is 17.0 Å². The molecule has 1 atom stereocenters. The van der Waals surface area contributed by atoms with E-state index >= 15 is 0 Å². The molecule has 5 heterocycles. The standard InChI is InChI=1S/C39H34FN9O4/c1-47-22-25(21-42-47)33-10-11-37(50)49(46-33)16-17-53-36-12-14-41-34-20-27(7-8-30(34)36)48-15-13-26(23-48)43-38(51)31-18-24(6-9-32(31)40)19-35-28-4-2-3-5-29(28)39(52)45-44-35/h2-12,14,18,20-22,26H,13,15-17,19,23H2,1H3,(H,43,51)(H,45,52). The molecule has 1 fully saturated rings. The largest absolute Gasteiger partial charge is 0.491 e. The van der Waals surface area contributed by atoms with Crippen LogP contribution in [0.3, 0.4) is 0 Å². The van der Waals surface area contributed by atoms with Crippen LogP contribution in [0.2, 0.25) is 0 Å². The van der Waals surface area contributed by atoms with Gasteiger partial charge < -0.3 is 15.0 Å². The zero-order valence-electron chi connectivity index (χ0n) is 28.7. The van der Waals surface area contributed by atoms with Gasteiger partial charge in [0.05, 0.1) is 40.6 Å². The topological polar surface area (TPSA) is 153 Å². The molecule has 1 aliphatic heterocycles. The van der Waals surface area contributed by atoms with Crippen LogP contribution in [0.4, 0.5) is 10.1 Å². The molecule has 0 bridgehead atoms. The minimum absolute atomic E-state index is 0.0426. The Morgan fingerprint density at radius 3 is 2.74 bits per heavy atom. The van der Waals surface area contributed by atoms with E-state index in [1.807, 2.05) is 43.6 Å². The number of rotatable bonds is 10. The van der Waals surface area contributed by atoms with E-state index in [0.717, 1.165) is 22.2 Å². The quantitative estimate of drug-likeness (QED) is 0.212. The highest BCUT2D eigenvalue weighted by atomic mass is 19.1. The average Bonchev–Trinajstić information content (AvgIpc) is 3.83. The van der Waals surface area contributed by atoms with Gasteiger partial charge in [-0.05, 0) is 60.5 Å². The maximum Gasteiger partial charge on any atom is 0.272 e. The molecular formula is C39H34FN9O4. The molecule has 1 saturated heterocycles. The molecule has 266 valence electrons. The van der Waals surface area contributed by atoms with Crippen LogP contribution in [0, 0.1) is 5.82 Å². The van der Waals surface area contributed by atoms with Gasteiger partial charge in [-0.25, -0.2) is 14.2 Å². The number of benzene rings is 3. The van der Waals surface area contributed by atoms with Crippen LogP contribution >= 0.6 is 0 Å². The summed E-state index contributed by atoms with van der Waals surface area (Å²) in [5, 5.41) is 20.5. The number of H-pyrrole nitrogens is 1. The molecule has 8 rings (SSSR count). The molecule has 14 heteroatoms. The number of nitrogens with zero attached hydrogens (tertiary/aromatic N) is 7. The number of halogens is 1. The van der Waals surface area contributed by atoms with Crippen molar-refractivity contribution >= 4 is 33.3 Å². The number of hydrogen-bond acceptors (Lipinski definition) is 9. The summed E-state index contributed by atoms with van der Waals surface area (Å²) >= 11 is 0. The predicted molar refractivity (Wildman–Crippen MR) is 198 cm³/mol. The Hall–Kier alpha value is -6.70. The number of hydrogen-bond donors (Lipinski definition) is 2. The van der Waals surface area contributed by atoms with Gasteiger partial charge in [0.1, 0.15) is 18.2 Å². The van der Waals surface area contributed by atoms with Gasteiger partial charge in [0.2, 0.25) is 0 Å². The van der Waals surface area contributed by atoms with Crippen LogP contribution in [-0.2, 0) is 20.0 Å². The molecule has 0 spiro atoms. The van der Waals surface area contributed by atoms with E-state index in [1.165, 1.54) is 16.8 Å². The monoisotopic (exact) mass is 711 g/mol. The number of aromatic amines is 1. The Kier molecular flexibility index (Phi) is 8.92. The number of pyridine rings is 1. The fourth-order valence-corrected chi connectivity index (χ4v) is 6.72. The molecule has 53 heavy (non-hydrogen) atoms. The normalized spacial score (nSPS) is 14.2. The van der Waals surface area contributed by atoms with Gasteiger partial charge in [0, 0.05) is 73.1 Å². The molecule has 13 nitrogen and oxygen atoms in total. The summed E-state index contributed by atoms with van der Waals surface area (Å²) in [4.78, 5) is 44.7. The van der Waals surface area contributed by atoms with Crippen molar-refractivity contribution in [2.24, 2.45) is 7.05 Å². The number of carbonyl (C=O) groups excluding carboxylic acids is 1. The first-order chi connectivity index (χ1) is 25.8. The van der Waals surface area contributed by atoms with E-state index in [2.05, 4.69) is 35.6 Å². The minimum Gasteiger partial charge on any atom is -0.491 e. The van der Waals surface area contributed by atoms with Gasteiger partial charge in [-0.3, -0.25) is 24.0 Å². The van der Waals surface area contributed by atoms with E-state index in [4.69, 9.17) is 4.74 Å². The lowest BCUT2D eigenvalue weighted by Gasteiger charge is -2.20. The second-order valence-corrected chi connectivity index (χ2v) is 13.0. The van der Waals surface area contributed by atoms with E-state index in [9.17, 15) is 18.8 Å². The first-order valence-corrected chi connectivity index (χ1v) is 17.2. The number of ether oxygens (including phenoxy) is 1. The molecule has 3 aromatic carbocycles. The first kappa shape index (κ1) is 33.4. The third-order valence-corrected chi connectivity index (χ3v) is 9.42. The molecule has 0 radical (unpaired) electrons. The number of anilines is 1. The molecule has 1 unspecified atom stereocenters. The van der Waals surface area contributed by atoms with Crippen molar-refractivity contribution in [3.05, 3.63) is 141 Å². The maximum absolute atomic E-state index is 15.0. The Bertz CT molecular complexity index is 2620. The minimum atomic E-state index is -0.611. The van der Waals surface area contributed by atoms with Gasteiger partial charge in [-0.1, -0.05) is 24.3 Å². The lowest BCUT2D eigenvalue weighted by molar-refractivity contribution is 0.0936. The van der Waals surface area contributed by atoms with Gasteiger partial charge in [0.15, 0.2) is 0 Å². The van der Waals surface area contributed by atoms with Crippen LogP contribution in [-0.4, -0.2) is 66.4 Å². The van der Waals surface area contributed by atoms with Crippen LogP contribution in [0.25, 0.3) is 32.9 Å². The smallest absolute Gasteiger partial charge is 0.272 e. The number of amides is 1. The first-order valence-electron chi connectivity index (χ1n) is 17.2. The number of aromatic nitrogens is 7. The Labute approximate surface area is 301 Å². The number of carbonyl (C=O) groups is 1. The van der Waals surface area contributed by atoms with E-state index in [0.29, 0.717) is 59.4 Å². The third-order valence-electron chi connectivity index (χ3n) is 9.42. The van der Waals surface area contributed by atoms with Gasteiger partial charge in [-0.15, -0.1) is 0 Å². The van der Waals surface area contributed by atoms with Crippen molar-refractivity contribution in [1.29, 1.82) is 0 Å². The summed E-state index contributed by atoms with van der Waals surface area (Å²) < 4.78 is 24.1. The van der Waals surface area contributed by atoms with E-state index < -0.39 is 11.7 Å². The highest BCUT2D eigenvalue weighted by Crippen LogP contribution is 2.30. The van der Waals surface area contributed by atoms with Crippen LogP contribution in [0.5, 0.6) is 5.75 Å². The number of nitrogens with one attached hydrogen (secondary N) is 2. The second-order valence-electron chi connectivity index (χ2n) is 13.0. The number of aryl methyl sites for hydroxylation is 1. The lowest BCUT2D eigenvalue weighted by Crippen LogP contribution is -2.37. The van der Waals surface area contributed by atoms with Gasteiger partial charge in [0.25, 0.3) is 17.0 Å². The summed E-state index contributed by atoms with van der Waals surface area (Å²) in [5.41, 5.74) is 3.92. The summed E-state index contributed by atoms with van der Waals surface area (Å²) in [6.45, 7) is 1.72. The highest BCUT2D eigenvalue weighted by Gasteiger charge is 2.26. The van der Waals surface area contributed by atoms with Crippen molar-refractivity contribution in [2.75, 3.05) is 24.6 Å². The SMILES string of the molecule is Cn1cc(-c2ccc(=O)n(CCOc3ccnc4cc(N5CCC(NC(=O)c6cc(Cc7n[nH]c(=O)c8ccccc78)ccc6F)C5)ccc34)n2)cn1.